The highest BCUT2D eigenvalue weighted by molar-refractivity contribution is 6.01. The summed E-state index contributed by atoms with van der Waals surface area (Å²) >= 11 is 0. The number of pyridine rings is 2. The summed E-state index contributed by atoms with van der Waals surface area (Å²) in [5, 5.41) is 14.6. The van der Waals surface area contributed by atoms with Gasteiger partial charge in [0.1, 0.15) is 22.7 Å². The van der Waals surface area contributed by atoms with Crippen LogP contribution in [0.4, 0.5) is 17.2 Å². The predicted octanol–water partition coefficient (Wildman–Crippen LogP) is 6.85. The monoisotopic (exact) mass is 514 g/mol. The zero-order valence-electron chi connectivity index (χ0n) is 21.8. The van der Waals surface area contributed by atoms with Gasteiger partial charge in [0.2, 0.25) is 0 Å². The maximum absolute atomic E-state index is 6.13. The Hall–Kier alpha value is -5.24. The zero-order chi connectivity index (χ0) is 26.8. The van der Waals surface area contributed by atoms with Gasteiger partial charge in [-0.3, -0.25) is 4.98 Å². The highest BCUT2D eigenvalue weighted by Crippen LogP contribution is 2.33. The lowest BCUT2D eigenvalue weighted by atomic mass is 10.0. The van der Waals surface area contributed by atoms with Gasteiger partial charge in [0.15, 0.2) is 11.6 Å². The van der Waals surface area contributed by atoms with Gasteiger partial charge in [-0.1, -0.05) is 36.4 Å². The second kappa shape index (κ2) is 10.3. The van der Waals surface area contributed by atoms with E-state index in [4.69, 9.17) is 9.47 Å². The van der Waals surface area contributed by atoms with Crippen LogP contribution in [-0.2, 0) is 0 Å². The molecule has 1 N–H and O–H groups in total. The van der Waals surface area contributed by atoms with Crippen LogP contribution in [0.5, 0.6) is 17.2 Å². The quantitative estimate of drug-likeness (QED) is 0.248. The summed E-state index contributed by atoms with van der Waals surface area (Å²) in [4.78, 5) is 10.9. The fourth-order valence-corrected chi connectivity index (χ4v) is 4.38. The molecule has 0 spiro atoms. The van der Waals surface area contributed by atoms with Crippen molar-refractivity contribution in [1.29, 1.82) is 0 Å². The smallest absolute Gasteiger partial charge is 0.161 e. The molecule has 0 aliphatic carbocycles. The summed E-state index contributed by atoms with van der Waals surface area (Å²) in [6.45, 7) is 0. The van der Waals surface area contributed by atoms with E-state index in [9.17, 15) is 0 Å². The molecule has 6 rings (SSSR count). The fraction of sp³-hybridized carbons (Fsp3) is 0.0968. The lowest BCUT2D eigenvalue weighted by Crippen LogP contribution is -2.08. The molecule has 192 valence electrons. The maximum atomic E-state index is 6.13. The Kier molecular flexibility index (Phi) is 6.34. The summed E-state index contributed by atoms with van der Waals surface area (Å²) in [6.07, 6.45) is 3.35. The third kappa shape index (κ3) is 4.87. The number of rotatable bonds is 7. The number of methoxy groups -OCH3 is 1. The zero-order valence-corrected chi connectivity index (χ0v) is 21.8. The minimum absolute atomic E-state index is 0.620. The van der Waals surface area contributed by atoms with Crippen LogP contribution in [0.25, 0.3) is 33.1 Å². The summed E-state index contributed by atoms with van der Waals surface area (Å²) in [7, 11) is 5.66. The van der Waals surface area contributed by atoms with Crippen LogP contribution in [0, 0.1) is 0 Å². The van der Waals surface area contributed by atoms with E-state index >= 15 is 0 Å². The number of fused-ring (bicyclic) bond motifs is 2. The topological polar surface area (TPSA) is 85.3 Å². The Bertz CT molecular complexity index is 1770. The molecule has 0 aliphatic heterocycles. The van der Waals surface area contributed by atoms with Crippen molar-refractivity contribution in [2.24, 2.45) is 0 Å². The van der Waals surface area contributed by atoms with Crippen molar-refractivity contribution >= 4 is 39.0 Å². The summed E-state index contributed by atoms with van der Waals surface area (Å²) in [6, 6.07) is 27.8. The molecule has 0 aliphatic rings. The number of hydrogen-bond donors (Lipinski definition) is 1. The Morgan fingerprint density at radius 2 is 1.54 bits per heavy atom. The van der Waals surface area contributed by atoms with Gasteiger partial charge in [-0.15, -0.1) is 10.2 Å². The molecule has 3 aromatic carbocycles. The van der Waals surface area contributed by atoms with E-state index in [2.05, 4.69) is 66.8 Å². The van der Waals surface area contributed by atoms with E-state index in [0.717, 1.165) is 33.4 Å². The molecule has 3 aromatic heterocycles. The van der Waals surface area contributed by atoms with Crippen molar-refractivity contribution < 1.29 is 9.47 Å². The lowest BCUT2D eigenvalue weighted by Gasteiger charge is -2.14. The van der Waals surface area contributed by atoms with Crippen LogP contribution < -0.4 is 19.7 Å². The van der Waals surface area contributed by atoms with Gasteiger partial charge in [-0.05, 0) is 36.4 Å². The largest absolute Gasteiger partial charge is 0.495 e. The second-order valence-electron chi connectivity index (χ2n) is 9.19. The maximum Gasteiger partial charge on any atom is 0.161 e. The van der Waals surface area contributed by atoms with Crippen LogP contribution in [0.1, 0.15) is 0 Å². The first-order valence-electron chi connectivity index (χ1n) is 12.5. The average molecular weight is 515 g/mol. The number of nitrogens with one attached hydrogen (secondary N) is 1. The molecule has 0 radical (unpaired) electrons. The molecule has 0 amide bonds. The van der Waals surface area contributed by atoms with Crippen molar-refractivity contribution in [2.45, 2.75) is 0 Å². The van der Waals surface area contributed by atoms with Crippen LogP contribution >= 0.6 is 0 Å². The summed E-state index contributed by atoms with van der Waals surface area (Å²) < 4.78 is 11.4. The van der Waals surface area contributed by atoms with E-state index in [1.54, 1.807) is 25.6 Å². The number of ether oxygens (including phenoxy) is 2. The van der Waals surface area contributed by atoms with Gasteiger partial charge in [0, 0.05) is 60.1 Å². The third-order valence-corrected chi connectivity index (χ3v) is 6.44. The Morgan fingerprint density at radius 1 is 0.769 bits per heavy atom. The van der Waals surface area contributed by atoms with Gasteiger partial charge in [-0.2, -0.15) is 0 Å². The molecule has 0 atom stereocenters. The van der Waals surface area contributed by atoms with Gasteiger partial charge in [0.05, 0.1) is 18.8 Å². The number of benzene rings is 3. The molecular formula is C31H26N6O2. The Labute approximate surface area is 225 Å². The van der Waals surface area contributed by atoms with Gasteiger partial charge in [0.25, 0.3) is 0 Å². The van der Waals surface area contributed by atoms with Crippen molar-refractivity contribution in [3.05, 3.63) is 97.3 Å². The van der Waals surface area contributed by atoms with E-state index in [-0.39, 0.29) is 0 Å². The highest BCUT2D eigenvalue weighted by Gasteiger charge is 2.12. The molecule has 3 heterocycles. The number of hydrogen-bond acceptors (Lipinski definition) is 8. The molecule has 0 fully saturated rings. The van der Waals surface area contributed by atoms with Crippen LogP contribution in [-0.4, -0.2) is 41.4 Å². The van der Waals surface area contributed by atoms with Crippen molar-refractivity contribution in [2.75, 3.05) is 31.4 Å². The first-order valence-corrected chi connectivity index (χ1v) is 12.5. The van der Waals surface area contributed by atoms with E-state index in [1.165, 1.54) is 0 Å². The van der Waals surface area contributed by atoms with Gasteiger partial charge in [-0.25, -0.2) is 4.98 Å². The standard InChI is InChI=1S/C31H26N6O2/c1-37(2)22-12-8-20(9-13-22)29-25-6-4-5-7-26(25)31(36-35-29)34-21-10-14-23(15-11-21)39-28-16-17-32-27-18-24(38-3)19-33-30(27)28/h4-19H,1-3H3,(H,34,36). The molecule has 0 unspecified atom stereocenters. The minimum atomic E-state index is 0.620. The fourth-order valence-electron chi connectivity index (χ4n) is 4.38. The molecule has 8 heteroatoms. The van der Waals surface area contributed by atoms with Crippen molar-refractivity contribution in [1.82, 2.24) is 20.2 Å². The number of aromatic nitrogens is 4. The lowest BCUT2D eigenvalue weighted by molar-refractivity contribution is 0.413. The normalized spacial score (nSPS) is 10.9. The van der Waals surface area contributed by atoms with Crippen LogP contribution in [0.15, 0.2) is 97.3 Å². The van der Waals surface area contributed by atoms with E-state index in [1.807, 2.05) is 56.6 Å². The Morgan fingerprint density at radius 3 is 2.28 bits per heavy atom. The minimum Gasteiger partial charge on any atom is -0.495 e. The molecule has 6 aromatic rings. The van der Waals surface area contributed by atoms with Crippen LogP contribution in [0.2, 0.25) is 0 Å². The molecule has 0 saturated heterocycles. The third-order valence-electron chi connectivity index (χ3n) is 6.44. The number of nitrogens with zero attached hydrogens (tertiary/aromatic N) is 5. The molecule has 8 nitrogen and oxygen atoms in total. The second-order valence-corrected chi connectivity index (χ2v) is 9.19. The van der Waals surface area contributed by atoms with E-state index in [0.29, 0.717) is 34.1 Å². The van der Waals surface area contributed by atoms with Crippen molar-refractivity contribution in [3.8, 4) is 28.5 Å². The highest BCUT2D eigenvalue weighted by atomic mass is 16.5. The van der Waals surface area contributed by atoms with Gasteiger partial charge >= 0.3 is 0 Å². The first kappa shape index (κ1) is 24.1. The predicted molar refractivity (Wildman–Crippen MR) is 155 cm³/mol. The van der Waals surface area contributed by atoms with Crippen LogP contribution in [0.3, 0.4) is 0 Å². The van der Waals surface area contributed by atoms with Crippen molar-refractivity contribution in [3.63, 3.8) is 0 Å². The molecule has 39 heavy (non-hydrogen) atoms. The Balaban J connectivity index is 1.25. The summed E-state index contributed by atoms with van der Waals surface area (Å²) in [5.41, 5.74) is 5.24. The number of anilines is 3. The van der Waals surface area contributed by atoms with E-state index < -0.39 is 0 Å². The summed E-state index contributed by atoms with van der Waals surface area (Å²) in [5.74, 6) is 2.63. The van der Waals surface area contributed by atoms with Gasteiger partial charge < -0.3 is 19.7 Å². The SMILES string of the molecule is COc1cnc2c(Oc3ccc(Nc4nnc(-c5ccc(N(C)C)cc5)c5ccccc45)cc3)ccnc2c1. The molecular weight excluding hydrogens is 488 g/mol. The average Bonchev–Trinajstić information content (AvgIpc) is 2.98. The molecule has 0 saturated carbocycles. The first-order chi connectivity index (χ1) is 19.1. The molecule has 0 bridgehead atoms.